The minimum Gasteiger partial charge on any atom is -1.00 e. The van der Waals surface area contributed by atoms with Gasteiger partial charge in [0.05, 0.1) is 0 Å². The van der Waals surface area contributed by atoms with E-state index in [1.165, 1.54) is 24.8 Å². The molecule has 1 nitrogen and oxygen atoms in total. The van der Waals surface area contributed by atoms with Gasteiger partial charge in [0.25, 0.3) is 0 Å². The topological polar surface area (TPSA) is 14.0 Å². The van der Waals surface area contributed by atoms with Gasteiger partial charge in [-0.25, -0.2) is 4.99 Å². The van der Waals surface area contributed by atoms with Crippen molar-refractivity contribution >= 4 is 17.8 Å². The highest BCUT2D eigenvalue weighted by molar-refractivity contribution is 6.25. The molecule has 0 fully saturated rings. The SMILES string of the molecule is CCCCCC=[NH+]CC=CCl.[Cl-]. The molecule has 12 heavy (non-hydrogen) atoms. The fraction of sp³-hybridized carbons (Fsp3) is 0.667. The Morgan fingerprint density at radius 3 is 2.67 bits per heavy atom. The third kappa shape index (κ3) is 12.6. The van der Waals surface area contributed by atoms with Gasteiger partial charge in [-0.15, -0.1) is 0 Å². The van der Waals surface area contributed by atoms with Crippen molar-refractivity contribution in [3.63, 3.8) is 0 Å². The predicted molar refractivity (Wildman–Crippen MR) is 51.0 cm³/mol. The lowest BCUT2D eigenvalue weighted by atomic mass is 10.2. The molecule has 0 aromatic rings. The normalized spacial score (nSPS) is 10.8. The summed E-state index contributed by atoms with van der Waals surface area (Å²) < 4.78 is 0. The van der Waals surface area contributed by atoms with Gasteiger partial charge >= 0.3 is 0 Å². The molecule has 0 radical (unpaired) electrons. The smallest absolute Gasteiger partial charge is 0.160 e. The molecule has 0 aromatic carbocycles. The molecule has 3 heteroatoms. The van der Waals surface area contributed by atoms with Gasteiger partial charge in [0.15, 0.2) is 6.54 Å². The van der Waals surface area contributed by atoms with Gasteiger partial charge in [0, 0.05) is 12.0 Å². The van der Waals surface area contributed by atoms with Crippen LogP contribution in [-0.2, 0) is 0 Å². The molecule has 0 aromatic heterocycles. The fourth-order valence-corrected chi connectivity index (χ4v) is 0.883. The molecule has 0 saturated heterocycles. The summed E-state index contributed by atoms with van der Waals surface area (Å²) in [7, 11) is 0. The zero-order valence-electron chi connectivity index (χ0n) is 7.52. The molecule has 0 heterocycles. The molecule has 0 bridgehead atoms. The number of hydrogen-bond acceptors (Lipinski definition) is 0. The van der Waals surface area contributed by atoms with Gasteiger partial charge in [-0.3, -0.25) is 0 Å². The lowest BCUT2D eigenvalue weighted by Crippen LogP contribution is -3.00. The first-order chi connectivity index (χ1) is 5.41. The number of nitrogens with one attached hydrogen (secondary N) is 1. The zero-order valence-corrected chi connectivity index (χ0v) is 9.04. The highest BCUT2D eigenvalue weighted by Gasteiger charge is 1.84. The molecule has 0 atom stereocenters. The van der Waals surface area contributed by atoms with Gasteiger partial charge in [-0.1, -0.05) is 31.4 Å². The summed E-state index contributed by atoms with van der Waals surface area (Å²) in [6.07, 6.45) is 9.04. The summed E-state index contributed by atoms with van der Waals surface area (Å²) in [6.45, 7) is 3.05. The van der Waals surface area contributed by atoms with Gasteiger partial charge < -0.3 is 12.4 Å². The molecule has 0 aliphatic heterocycles. The van der Waals surface area contributed by atoms with Crippen LogP contribution >= 0.6 is 11.6 Å². The van der Waals surface area contributed by atoms with Gasteiger partial charge in [-0.05, 0) is 12.5 Å². The Hall–Kier alpha value is -0.0100. The first-order valence-corrected chi connectivity index (χ1v) is 4.65. The minimum absolute atomic E-state index is 0. The molecule has 0 amide bonds. The molecule has 0 aliphatic rings. The second kappa shape index (κ2) is 13.6. The van der Waals surface area contributed by atoms with Crippen LogP contribution in [0.2, 0.25) is 0 Å². The van der Waals surface area contributed by atoms with E-state index >= 15 is 0 Å². The molecule has 1 N–H and O–H groups in total. The highest BCUT2D eigenvalue weighted by atomic mass is 35.5. The summed E-state index contributed by atoms with van der Waals surface area (Å²) in [5.41, 5.74) is 1.53. The second-order valence-electron chi connectivity index (χ2n) is 2.47. The summed E-state index contributed by atoms with van der Waals surface area (Å²) in [6, 6.07) is 0. The maximum Gasteiger partial charge on any atom is 0.160 e. The number of unbranched alkanes of at least 4 members (excludes halogenated alkanes) is 3. The fourth-order valence-electron chi connectivity index (χ4n) is 0.794. The quantitative estimate of drug-likeness (QED) is 0.404. The van der Waals surface area contributed by atoms with Gasteiger partial charge in [-0.2, -0.15) is 0 Å². The molecular formula is C9H17Cl2N. The lowest BCUT2D eigenvalue weighted by molar-refractivity contribution is -0.440. The van der Waals surface area contributed by atoms with Gasteiger partial charge in [0.2, 0.25) is 0 Å². The highest BCUT2D eigenvalue weighted by Crippen LogP contribution is 1.94. The maximum atomic E-state index is 5.33. The van der Waals surface area contributed by atoms with Crippen molar-refractivity contribution in [1.29, 1.82) is 0 Å². The molecule has 0 aliphatic carbocycles. The Kier molecular flexibility index (Phi) is 16.4. The van der Waals surface area contributed by atoms with E-state index in [4.69, 9.17) is 11.6 Å². The van der Waals surface area contributed by atoms with E-state index < -0.39 is 0 Å². The van der Waals surface area contributed by atoms with Crippen molar-refractivity contribution in [2.24, 2.45) is 0 Å². The number of rotatable bonds is 6. The average molecular weight is 210 g/mol. The summed E-state index contributed by atoms with van der Waals surface area (Å²) in [5, 5.41) is 0. The van der Waals surface area contributed by atoms with Crippen molar-refractivity contribution in [1.82, 2.24) is 0 Å². The van der Waals surface area contributed by atoms with Crippen molar-refractivity contribution in [3.05, 3.63) is 11.6 Å². The van der Waals surface area contributed by atoms with Crippen LogP contribution in [0.5, 0.6) is 0 Å². The van der Waals surface area contributed by atoms with E-state index in [1.807, 2.05) is 6.08 Å². The van der Waals surface area contributed by atoms with E-state index in [0.29, 0.717) is 0 Å². The summed E-state index contributed by atoms with van der Waals surface area (Å²) >= 11 is 5.33. The van der Waals surface area contributed by atoms with Crippen LogP contribution in [0, 0.1) is 0 Å². The molecule has 0 unspecified atom stereocenters. The van der Waals surface area contributed by atoms with Crippen LogP contribution in [0.1, 0.15) is 32.6 Å². The summed E-state index contributed by atoms with van der Waals surface area (Å²) in [4.78, 5) is 3.15. The number of halogens is 2. The van der Waals surface area contributed by atoms with Crippen LogP contribution in [0.4, 0.5) is 0 Å². The number of hydrogen-bond donors (Lipinski definition) is 1. The van der Waals surface area contributed by atoms with Crippen LogP contribution in [0.3, 0.4) is 0 Å². The van der Waals surface area contributed by atoms with Crippen LogP contribution in [-0.4, -0.2) is 12.8 Å². The molecule has 0 rings (SSSR count). The van der Waals surface area contributed by atoms with Crippen molar-refractivity contribution in [2.45, 2.75) is 32.6 Å². The van der Waals surface area contributed by atoms with Crippen LogP contribution < -0.4 is 17.4 Å². The summed E-state index contributed by atoms with van der Waals surface area (Å²) in [5.74, 6) is 0. The van der Waals surface area contributed by atoms with Crippen molar-refractivity contribution < 1.29 is 17.4 Å². The van der Waals surface area contributed by atoms with E-state index in [2.05, 4.69) is 18.1 Å². The second-order valence-corrected chi connectivity index (χ2v) is 2.72. The monoisotopic (exact) mass is 209 g/mol. The Bertz CT molecular complexity index is 122. The Labute approximate surface area is 86.3 Å². The van der Waals surface area contributed by atoms with E-state index in [1.54, 1.807) is 0 Å². The third-order valence-corrected chi connectivity index (χ3v) is 1.60. The standard InChI is InChI=1S/C9H16ClN.ClH/c1-2-3-4-5-8-11-9-6-7-10;/h6-8H,2-5,9H2,1H3;1H. The largest absolute Gasteiger partial charge is 1.00 e. The van der Waals surface area contributed by atoms with Crippen LogP contribution in [0.25, 0.3) is 0 Å². The van der Waals surface area contributed by atoms with Crippen molar-refractivity contribution in [3.8, 4) is 0 Å². The Morgan fingerprint density at radius 1 is 1.33 bits per heavy atom. The van der Waals surface area contributed by atoms with Gasteiger partial charge in [0.1, 0.15) is 6.21 Å². The predicted octanol–water partition coefficient (Wildman–Crippen LogP) is -1.53. The van der Waals surface area contributed by atoms with E-state index in [9.17, 15) is 0 Å². The first kappa shape index (κ1) is 14.5. The molecule has 72 valence electrons. The van der Waals surface area contributed by atoms with E-state index in [-0.39, 0.29) is 12.4 Å². The zero-order chi connectivity index (χ0) is 8.36. The Balaban J connectivity index is 0. The van der Waals surface area contributed by atoms with Crippen LogP contribution in [0.15, 0.2) is 11.6 Å². The molecular weight excluding hydrogens is 193 g/mol. The molecule has 0 spiro atoms. The molecule has 0 saturated carbocycles. The van der Waals surface area contributed by atoms with E-state index in [0.717, 1.165) is 13.0 Å². The first-order valence-electron chi connectivity index (χ1n) is 4.22. The van der Waals surface area contributed by atoms with Crippen molar-refractivity contribution in [2.75, 3.05) is 6.54 Å². The lowest BCUT2D eigenvalue weighted by Gasteiger charge is -1.87. The minimum atomic E-state index is 0. The third-order valence-electron chi connectivity index (χ3n) is 1.42. The average Bonchev–Trinajstić information content (AvgIpc) is 2.03. The Morgan fingerprint density at radius 2 is 2.08 bits per heavy atom. The maximum absolute atomic E-state index is 5.33.